The Labute approximate surface area is 68.9 Å². The van der Waals surface area contributed by atoms with E-state index in [9.17, 15) is 0 Å². The summed E-state index contributed by atoms with van der Waals surface area (Å²) in [7, 11) is 0. The van der Waals surface area contributed by atoms with Gasteiger partial charge in [-0.15, -0.1) is 0 Å². The molecule has 0 aliphatic rings. The molecule has 0 rings (SSSR count). The molecule has 50 valence electrons. The predicted molar refractivity (Wildman–Crippen MR) is 48.7 cm³/mol. The van der Waals surface area contributed by atoms with E-state index in [4.69, 9.17) is 5.11 Å². The monoisotopic (exact) mass is 236 g/mol. The SMILES string of the molecule is C=C/C(I)=C(O)\C=C/C. The van der Waals surface area contributed by atoms with Gasteiger partial charge in [-0.3, -0.25) is 0 Å². The molecule has 0 amide bonds. The van der Waals surface area contributed by atoms with Crippen LogP contribution in [-0.2, 0) is 0 Å². The molecule has 0 aromatic carbocycles. The standard InChI is InChI=1S/C7H9IO/c1-3-5-7(9)6(8)4-2/h3-5,9H,2H2,1H3/b5-3-,7-6-. The van der Waals surface area contributed by atoms with Gasteiger partial charge in [-0.2, -0.15) is 0 Å². The number of allylic oxidation sites excluding steroid dienone is 4. The second-order valence-electron chi connectivity index (χ2n) is 1.44. The zero-order valence-corrected chi connectivity index (χ0v) is 7.42. The fourth-order valence-electron chi connectivity index (χ4n) is 0.342. The summed E-state index contributed by atoms with van der Waals surface area (Å²) < 4.78 is 0.769. The Morgan fingerprint density at radius 3 is 2.56 bits per heavy atom. The van der Waals surface area contributed by atoms with Crippen molar-refractivity contribution in [2.45, 2.75) is 6.92 Å². The van der Waals surface area contributed by atoms with Gasteiger partial charge >= 0.3 is 0 Å². The lowest BCUT2D eigenvalue weighted by Crippen LogP contribution is -1.74. The molecule has 0 heterocycles. The van der Waals surface area contributed by atoms with Gasteiger partial charge in [0.15, 0.2) is 0 Å². The van der Waals surface area contributed by atoms with Gasteiger partial charge in [0, 0.05) is 0 Å². The Kier molecular flexibility index (Phi) is 4.48. The summed E-state index contributed by atoms with van der Waals surface area (Å²) in [4.78, 5) is 0. The topological polar surface area (TPSA) is 20.2 Å². The Morgan fingerprint density at radius 1 is 1.67 bits per heavy atom. The average Bonchev–Trinajstić information content (AvgIpc) is 1.87. The van der Waals surface area contributed by atoms with Crippen LogP contribution in [0.25, 0.3) is 0 Å². The molecule has 9 heavy (non-hydrogen) atoms. The van der Waals surface area contributed by atoms with E-state index in [0.29, 0.717) is 0 Å². The summed E-state index contributed by atoms with van der Waals surface area (Å²) >= 11 is 2.02. The number of hydrogen-bond donors (Lipinski definition) is 1. The molecule has 0 aromatic heterocycles. The van der Waals surface area contributed by atoms with E-state index < -0.39 is 0 Å². The van der Waals surface area contributed by atoms with Gasteiger partial charge in [-0.1, -0.05) is 18.7 Å². The highest BCUT2D eigenvalue weighted by Gasteiger charge is 1.89. The van der Waals surface area contributed by atoms with Crippen LogP contribution in [0.2, 0.25) is 0 Å². The van der Waals surface area contributed by atoms with E-state index >= 15 is 0 Å². The van der Waals surface area contributed by atoms with E-state index in [1.807, 2.05) is 29.5 Å². The van der Waals surface area contributed by atoms with Crippen LogP contribution in [0.1, 0.15) is 6.92 Å². The van der Waals surface area contributed by atoms with Crippen molar-refractivity contribution < 1.29 is 5.11 Å². The van der Waals surface area contributed by atoms with Crippen LogP contribution >= 0.6 is 22.6 Å². The second-order valence-corrected chi connectivity index (χ2v) is 2.60. The second kappa shape index (κ2) is 4.61. The van der Waals surface area contributed by atoms with Crippen molar-refractivity contribution in [2.75, 3.05) is 0 Å². The fourth-order valence-corrected chi connectivity index (χ4v) is 0.522. The highest BCUT2D eigenvalue weighted by atomic mass is 127. The largest absolute Gasteiger partial charge is 0.507 e. The summed E-state index contributed by atoms with van der Waals surface area (Å²) in [6.45, 7) is 5.36. The van der Waals surface area contributed by atoms with E-state index in [-0.39, 0.29) is 5.76 Å². The normalized spacial score (nSPS) is 13.6. The molecule has 0 unspecified atom stereocenters. The Morgan fingerprint density at radius 2 is 2.22 bits per heavy atom. The van der Waals surface area contributed by atoms with Crippen molar-refractivity contribution >= 4 is 22.6 Å². The van der Waals surface area contributed by atoms with Crippen LogP contribution < -0.4 is 0 Å². The number of rotatable bonds is 2. The lowest BCUT2D eigenvalue weighted by atomic mass is 10.4. The van der Waals surface area contributed by atoms with Gasteiger partial charge < -0.3 is 5.11 Å². The van der Waals surface area contributed by atoms with Crippen molar-refractivity contribution in [2.24, 2.45) is 0 Å². The molecule has 1 nitrogen and oxygen atoms in total. The van der Waals surface area contributed by atoms with Gasteiger partial charge in [0.2, 0.25) is 0 Å². The van der Waals surface area contributed by atoms with Crippen molar-refractivity contribution in [3.63, 3.8) is 0 Å². The lowest BCUT2D eigenvalue weighted by molar-refractivity contribution is 0.432. The molecule has 0 bridgehead atoms. The fraction of sp³-hybridized carbons (Fsp3) is 0.143. The minimum atomic E-state index is 0.271. The molecule has 0 aliphatic carbocycles. The summed E-state index contributed by atoms with van der Waals surface area (Å²) in [6.07, 6.45) is 5.01. The maximum absolute atomic E-state index is 9.03. The zero-order valence-electron chi connectivity index (χ0n) is 5.26. The maximum Gasteiger partial charge on any atom is 0.128 e. The smallest absolute Gasteiger partial charge is 0.128 e. The molecule has 1 N–H and O–H groups in total. The first kappa shape index (κ1) is 8.75. The molecule has 0 spiro atoms. The van der Waals surface area contributed by atoms with Crippen LogP contribution in [0.4, 0.5) is 0 Å². The third-order valence-electron chi connectivity index (χ3n) is 0.748. The lowest BCUT2D eigenvalue weighted by Gasteiger charge is -1.90. The Balaban J connectivity index is 4.27. The third kappa shape index (κ3) is 3.35. The number of halogens is 1. The molecule has 0 aliphatic heterocycles. The van der Waals surface area contributed by atoms with Crippen LogP contribution in [-0.4, -0.2) is 5.11 Å². The van der Waals surface area contributed by atoms with E-state index in [2.05, 4.69) is 6.58 Å². The van der Waals surface area contributed by atoms with E-state index in [1.54, 1.807) is 18.2 Å². The molecule has 2 heteroatoms. The molecule has 0 saturated carbocycles. The molecular formula is C7H9IO. The van der Waals surface area contributed by atoms with Crippen molar-refractivity contribution in [1.29, 1.82) is 0 Å². The third-order valence-corrected chi connectivity index (χ3v) is 1.74. The first-order valence-corrected chi connectivity index (χ1v) is 3.64. The highest BCUT2D eigenvalue weighted by molar-refractivity contribution is 14.1. The molecule has 0 saturated heterocycles. The molecular weight excluding hydrogens is 227 g/mol. The van der Waals surface area contributed by atoms with Gasteiger partial charge in [-0.25, -0.2) is 0 Å². The summed E-state index contributed by atoms with van der Waals surface area (Å²) in [5.74, 6) is 0.271. The Hall–Kier alpha value is -0.250. The van der Waals surface area contributed by atoms with Crippen LogP contribution in [0.5, 0.6) is 0 Å². The minimum absolute atomic E-state index is 0.271. The molecule has 0 fully saturated rings. The summed E-state index contributed by atoms with van der Waals surface area (Å²) in [5, 5.41) is 9.03. The van der Waals surface area contributed by atoms with Crippen LogP contribution in [0.3, 0.4) is 0 Å². The Bertz CT molecular complexity index is 156. The highest BCUT2D eigenvalue weighted by Crippen LogP contribution is 2.11. The first-order valence-electron chi connectivity index (χ1n) is 2.56. The van der Waals surface area contributed by atoms with Crippen LogP contribution in [0, 0.1) is 0 Å². The summed E-state index contributed by atoms with van der Waals surface area (Å²) in [5.41, 5.74) is 0. The minimum Gasteiger partial charge on any atom is -0.507 e. The van der Waals surface area contributed by atoms with Gasteiger partial charge in [0.25, 0.3) is 0 Å². The predicted octanol–water partition coefficient (Wildman–Crippen LogP) is 2.95. The van der Waals surface area contributed by atoms with Gasteiger partial charge in [0.05, 0.1) is 3.58 Å². The van der Waals surface area contributed by atoms with Crippen molar-refractivity contribution in [3.8, 4) is 0 Å². The molecule has 0 atom stereocenters. The molecule has 0 aromatic rings. The zero-order chi connectivity index (χ0) is 7.28. The van der Waals surface area contributed by atoms with E-state index in [0.717, 1.165) is 3.58 Å². The number of aliphatic hydroxyl groups excluding tert-OH is 1. The van der Waals surface area contributed by atoms with Crippen molar-refractivity contribution in [3.05, 3.63) is 34.1 Å². The van der Waals surface area contributed by atoms with Gasteiger partial charge in [-0.05, 0) is 35.6 Å². The maximum atomic E-state index is 9.03. The van der Waals surface area contributed by atoms with Crippen LogP contribution in [0.15, 0.2) is 34.1 Å². The average molecular weight is 236 g/mol. The van der Waals surface area contributed by atoms with E-state index in [1.165, 1.54) is 0 Å². The molecule has 0 radical (unpaired) electrons. The summed E-state index contributed by atoms with van der Waals surface area (Å²) in [6, 6.07) is 0. The quantitative estimate of drug-likeness (QED) is 0.444. The van der Waals surface area contributed by atoms with Crippen molar-refractivity contribution in [1.82, 2.24) is 0 Å². The number of hydrogen-bond acceptors (Lipinski definition) is 1. The number of aliphatic hydroxyl groups is 1. The van der Waals surface area contributed by atoms with Gasteiger partial charge in [0.1, 0.15) is 5.76 Å². The first-order chi connectivity index (χ1) is 4.22.